The zero-order chi connectivity index (χ0) is 31.1. The van der Waals surface area contributed by atoms with Crippen molar-refractivity contribution in [1.29, 1.82) is 0 Å². The average Bonchev–Trinajstić information content (AvgIpc) is 3.86. The quantitative estimate of drug-likeness (QED) is 0.0651. The van der Waals surface area contributed by atoms with Gasteiger partial charge in [-0.25, -0.2) is 0 Å². The molecule has 0 fully saturated rings. The van der Waals surface area contributed by atoms with E-state index in [1.165, 1.54) is 96.5 Å². The van der Waals surface area contributed by atoms with Gasteiger partial charge in [-0.05, 0) is 78.4 Å². The van der Waals surface area contributed by atoms with Crippen molar-refractivity contribution in [2.24, 2.45) is 0 Å². The van der Waals surface area contributed by atoms with E-state index in [2.05, 4.69) is 104 Å². The molecule has 0 atom stereocenters. The van der Waals surface area contributed by atoms with E-state index in [9.17, 15) is 0 Å². The molecule has 45 heavy (non-hydrogen) atoms. The van der Waals surface area contributed by atoms with Gasteiger partial charge >= 0.3 is 0 Å². The van der Waals surface area contributed by atoms with Crippen molar-refractivity contribution in [1.82, 2.24) is 0 Å². The number of benzene rings is 2. The minimum absolute atomic E-state index is 0.665. The summed E-state index contributed by atoms with van der Waals surface area (Å²) in [5, 5.41) is 0. The molecule has 0 aliphatic rings. The monoisotopic (exact) mass is 654 g/mol. The van der Waals surface area contributed by atoms with Gasteiger partial charge in [-0.2, -0.15) is 0 Å². The van der Waals surface area contributed by atoms with Gasteiger partial charge in [0, 0.05) is 42.3 Å². The number of hydrogen-bond acceptors (Lipinski definition) is 5. The van der Waals surface area contributed by atoms with E-state index in [0.717, 1.165) is 19.6 Å². The number of aryl methyl sites for hydroxylation is 1. The number of ether oxygens (including phenoxy) is 2. The lowest BCUT2D eigenvalue weighted by Crippen LogP contribution is -2.05. The fraction of sp³-hybridized carbons (Fsp3) is 0.350. The zero-order valence-corrected chi connectivity index (χ0v) is 29.2. The first-order chi connectivity index (χ1) is 22.2. The molecule has 3 heterocycles. The van der Waals surface area contributed by atoms with Crippen LogP contribution in [0.1, 0.15) is 73.3 Å². The van der Waals surface area contributed by atoms with Gasteiger partial charge < -0.3 is 9.47 Å². The standard InChI is InChI=1S/C40H46O2S3/c1-3-5-6-7-8-9-10-35-21-23-37(43-35)33-17-13-31(14-18-33)11-12-32-15-19-34(20-16-32)38-25-26-40(45-38)39-24-22-36(44-39)27-28-42-30-29-41-4-2/h11-26H,3-10,27-30H2,1-2H3/b12-11+. The summed E-state index contributed by atoms with van der Waals surface area (Å²) >= 11 is 5.68. The molecule has 2 nitrogen and oxygen atoms in total. The maximum atomic E-state index is 5.69. The van der Waals surface area contributed by atoms with Crippen LogP contribution in [0, 0.1) is 0 Å². The van der Waals surface area contributed by atoms with Crippen molar-refractivity contribution in [3.63, 3.8) is 0 Å². The third-order valence-corrected chi connectivity index (χ3v) is 11.5. The summed E-state index contributed by atoms with van der Waals surface area (Å²) < 4.78 is 11.0. The smallest absolute Gasteiger partial charge is 0.0700 e. The molecule has 0 amide bonds. The molecule has 5 heteroatoms. The Morgan fingerprint density at radius 1 is 0.467 bits per heavy atom. The van der Waals surface area contributed by atoms with Crippen LogP contribution < -0.4 is 0 Å². The van der Waals surface area contributed by atoms with E-state index in [0.29, 0.717) is 13.2 Å². The van der Waals surface area contributed by atoms with Crippen LogP contribution in [0.25, 0.3) is 42.8 Å². The summed E-state index contributed by atoms with van der Waals surface area (Å²) in [6.07, 6.45) is 14.7. The van der Waals surface area contributed by atoms with Crippen LogP contribution in [0.15, 0.2) is 84.9 Å². The summed E-state index contributed by atoms with van der Waals surface area (Å²) in [4.78, 5) is 8.20. The molecule has 0 radical (unpaired) electrons. The Balaban J connectivity index is 1.09. The number of thiophene rings is 3. The van der Waals surface area contributed by atoms with Crippen molar-refractivity contribution in [2.45, 2.75) is 65.2 Å². The minimum atomic E-state index is 0.665. The van der Waals surface area contributed by atoms with Crippen molar-refractivity contribution in [3.8, 4) is 30.6 Å². The Labute approximate surface area is 282 Å². The Morgan fingerprint density at radius 3 is 1.67 bits per heavy atom. The first kappa shape index (κ1) is 33.6. The molecule has 0 spiro atoms. The zero-order valence-electron chi connectivity index (χ0n) is 26.8. The molecular weight excluding hydrogens is 609 g/mol. The summed E-state index contributed by atoms with van der Waals surface area (Å²) in [5.74, 6) is 0. The topological polar surface area (TPSA) is 18.5 Å². The first-order valence-electron chi connectivity index (χ1n) is 16.5. The number of hydrogen-bond donors (Lipinski definition) is 0. The van der Waals surface area contributed by atoms with Crippen LogP contribution in [0.3, 0.4) is 0 Å². The van der Waals surface area contributed by atoms with Gasteiger partial charge in [-0.15, -0.1) is 34.0 Å². The van der Waals surface area contributed by atoms with Crippen LogP contribution in [0.4, 0.5) is 0 Å². The van der Waals surface area contributed by atoms with E-state index in [4.69, 9.17) is 9.47 Å². The number of rotatable bonds is 19. The molecule has 2 aromatic carbocycles. The van der Waals surface area contributed by atoms with Crippen LogP contribution in [0.2, 0.25) is 0 Å². The SMILES string of the molecule is CCCCCCCCc1ccc(-c2ccc(/C=C/c3ccc(-c4ccc(-c5ccc(CCOCCOCC)s5)s4)cc3)cc2)s1. The fourth-order valence-corrected chi connectivity index (χ4v) is 8.41. The summed E-state index contributed by atoms with van der Waals surface area (Å²) in [5.41, 5.74) is 5.01. The lowest BCUT2D eigenvalue weighted by atomic mass is 10.1. The van der Waals surface area contributed by atoms with Gasteiger partial charge in [0.2, 0.25) is 0 Å². The third-order valence-electron chi connectivity index (χ3n) is 7.88. The Kier molecular flexibility index (Phi) is 13.7. The van der Waals surface area contributed by atoms with E-state index >= 15 is 0 Å². The van der Waals surface area contributed by atoms with Crippen LogP contribution >= 0.6 is 34.0 Å². The molecule has 3 aromatic heterocycles. The van der Waals surface area contributed by atoms with Gasteiger partial charge in [-0.1, -0.05) is 99.7 Å². The minimum Gasteiger partial charge on any atom is -0.379 e. The third kappa shape index (κ3) is 10.6. The average molecular weight is 655 g/mol. The van der Waals surface area contributed by atoms with E-state index in [1.807, 2.05) is 40.9 Å². The largest absolute Gasteiger partial charge is 0.379 e. The molecular formula is C40H46O2S3. The molecule has 0 bridgehead atoms. The molecule has 0 aliphatic carbocycles. The van der Waals surface area contributed by atoms with Crippen molar-refractivity contribution in [3.05, 3.63) is 106 Å². The molecule has 5 aromatic rings. The van der Waals surface area contributed by atoms with E-state index in [1.54, 1.807) is 0 Å². The normalized spacial score (nSPS) is 11.6. The lowest BCUT2D eigenvalue weighted by Gasteiger charge is -2.02. The Hall–Kier alpha value is -2.80. The predicted octanol–water partition coefficient (Wildman–Crippen LogP) is 12.5. The van der Waals surface area contributed by atoms with Crippen LogP contribution in [-0.4, -0.2) is 26.4 Å². The maximum absolute atomic E-state index is 5.69. The van der Waals surface area contributed by atoms with E-state index < -0.39 is 0 Å². The second kappa shape index (κ2) is 18.4. The van der Waals surface area contributed by atoms with Crippen LogP contribution in [-0.2, 0) is 22.3 Å². The first-order valence-corrected chi connectivity index (χ1v) is 19.0. The van der Waals surface area contributed by atoms with Crippen LogP contribution in [0.5, 0.6) is 0 Å². The molecule has 236 valence electrons. The highest BCUT2D eigenvalue weighted by Crippen LogP contribution is 2.38. The summed E-state index contributed by atoms with van der Waals surface area (Å²) in [6.45, 7) is 7.11. The van der Waals surface area contributed by atoms with Gasteiger partial charge in [0.1, 0.15) is 0 Å². The number of unbranched alkanes of at least 4 members (excludes halogenated alkanes) is 5. The van der Waals surface area contributed by atoms with Gasteiger partial charge in [-0.3, -0.25) is 0 Å². The van der Waals surface area contributed by atoms with Gasteiger partial charge in [0.15, 0.2) is 0 Å². The molecule has 0 aliphatic heterocycles. The molecule has 0 saturated carbocycles. The molecule has 0 unspecified atom stereocenters. The fourth-order valence-electron chi connectivity index (χ4n) is 5.26. The van der Waals surface area contributed by atoms with Gasteiger partial charge in [0.05, 0.1) is 19.8 Å². The lowest BCUT2D eigenvalue weighted by molar-refractivity contribution is 0.0543. The Morgan fingerprint density at radius 2 is 0.978 bits per heavy atom. The van der Waals surface area contributed by atoms with Crippen molar-refractivity contribution < 1.29 is 9.47 Å². The highest BCUT2D eigenvalue weighted by atomic mass is 32.1. The Bertz CT molecular complexity index is 1570. The molecule has 0 N–H and O–H groups in total. The van der Waals surface area contributed by atoms with Gasteiger partial charge in [0.25, 0.3) is 0 Å². The predicted molar refractivity (Wildman–Crippen MR) is 200 cm³/mol. The second-order valence-electron chi connectivity index (χ2n) is 11.4. The highest BCUT2D eigenvalue weighted by Gasteiger charge is 2.09. The van der Waals surface area contributed by atoms with E-state index in [-0.39, 0.29) is 0 Å². The highest BCUT2D eigenvalue weighted by molar-refractivity contribution is 7.23. The maximum Gasteiger partial charge on any atom is 0.0700 e. The molecule has 5 rings (SSSR count). The molecule has 0 saturated heterocycles. The van der Waals surface area contributed by atoms with Crippen molar-refractivity contribution >= 4 is 46.2 Å². The van der Waals surface area contributed by atoms with Crippen molar-refractivity contribution in [2.75, 3.05) is 26.4 Å². The second-order valence-corrected chi connectivity index (χ2v) is 14.8. The summed E-state index contributed by atoms with van der Waals surface area (Å²) in [6, 6.07) is 31.4. The summed E-state index contributed by atoms with van der Waals surface area (Å²) in [7, 11) is 0.